The lowest BCUT2D eigenvalue weighted by molar-refractivity contribution is 0.0766. The summed E-state index contributed by atoms with van der Waals surface area (Å²) in [5.41, 5.74) is 0.930. The number of aromatic nitrogens is 1. The molecule has 1 aliphatic heterocycles. The van der Waals surface area contributed by atoms with Crippen LogP contribution in [-0.2, 0) is 0 Å². The molecule has 1 aromatic carbocycles. The van der Waals surface area contributed by atoms with Crippen molar-refractivity contribution < 1.29 is 9.53 Å². The Morgan fingerprint density at radius 3 is 2.62 bits per heavy atom. The zero-order chi connectivity index (χ0) is 16.5. The summed E-state index contributed by atoms with van der Waals surface area (Å²) in [7, 11) is 1.66. The standard InChI is InChI=1S/C19H20N2O2S/c1-23-15-6-7-16-13(11-15)10-14-12-17(24-18(14)20-16)19(22)21-8-4-2-3-5-9-21/h6-7,10-12H,2-5,8-9H2,1H3. The number of nitrogens with zero attached hydrogens (tertiary/aromatic N) is 2. The van der Waals surface area contributed by atoms with Crippen molar-refractivity contribution in [1.29, 1.82) is 0 Å². The van der Waals surface area contributed by atoms with Gasteiger partial charge in [0, 0.05) is 23.9 Å². The molecule has 4 nitrogen and oxygen atoms in total. The molecule has 3 heterocycles. The topological polar surface area (TPSA) is 42.4 Å². The number of hydrogen-bond donors (Lipinski definition) is 0. The highest BCUT2D eigenvalue weighted by Crippen LogP contribution is 2.30. The molecule has 2 aromatic heterocycles. The Bertz CT molecular complexity index is 895. The zero-order valence-corrected chi connectivity index (χ0v) is 14.6. The van der Waals surface area contributed by atoms with E-state index in [0.717, 1.165) is 57.7 Å². The number of methoxy groups -OCH3 is 1. The summed E-state index contributed by atoms with van der Waals surface area (Å²) in [6.45, 7) is 1.75. The summed E-state index contributed by atoms with van der Waals surface area (Å²) in [4.78, 5) is 21.2. The lowest BCUT2D eigenvalue weighted by Gasteiger charge is -2.19. The minimum atomic E-state index is 0.154. The third-order valence-corrected chi connectivity index (χ3v) is 5.64. The predicted molar refractivity (Wildman–Crippen MR) is 98.0 cm³/mol. The van der Waals surface area contributed by atoms with E-state index >= 15 is 0 Å². The lowest BCUT2D eigenvalue weighted by atomic mass is 10.2. The monoisotopic (exact) mass is 340 g/mol. The van der Waals surface area contributed by atoms with Crippen LogP contribution in [0.4, 0.5) is 0 Å². The van der Waals surface area contributed by atoms with Crippen molar-refractivity contribution in [2.24, 2.45) is 0 Å². The number of hydrogen-bond acceptors (Lipinski definition) is 4. The Morgan fingerprint density at radius 2 is 1.88 bits per heavy atom. The number of fused-ring (bicyclic) bond motifs is 2. The van der Waals surface area contributed by atoms with Gasteiger partial charge in [-0.2, -0.15) is 0 Å². The largest absolute Gasteiger partial charge is 0.497 e. The maximum Gasteiger partial charge on any atom is 0.264 e. The van der Waals surface area contributed by atoms with E-state index in [4.69, 9.17) is 9.72 Å². The van der Waals surface area contributed by atoms with E-state index in [9.17, 15) is 4.79 Å². The summed E-state index contributed by atoms with van der Waals surface area (Å²) < 4.78 is 5.28. The van der Waals surface area contributed by atoms with Crippen molar-refractivity contribution in [3.63, 3.8) is 0 Å². The van der Waals surface area contributed by atoms with Crippen LogP contribution < -0.4 is 4.74 Å². The van der Waals surface area contributed by atoms with Crippen molar-refractivity contribution >= 4 is 38.4 Å². The van der Waals surface area contributed by atoms with Crippen molar-refractivity contribution in [2.45, 2.75) is 25.7 Å². The van der Waals surface area contributed by atoms with Crippen LogP contribution in [-0.4, -0.2) is 36.0 Å². The molecule has 0 bridgehead atoms. The molecule has 0 aliphatic carbocycles. The quantitative estimate of drug-likeness (QED) is 0.691. The van der Waals surface area contributed by atoms with Crippen molar-refractivity contribution in [1.82, 2.24) is 9.88 Å². The third kappa shape index (κ3) is 2.84. The summed E-state index contributed by atoms with van der Waals surface area (Å²) >= 11 is 1.50. The van der Waals surface area contributed by atoms with Gasteiger partial charge in [-0.05, 0) is 43.2 Å². The number of benzene rings is 1. The number of likely N-dealkylation sites (tertiary alicyclic amines) is 1. The molecule has 0 spiro atoms. The van der Waals surface area contributed by atoms with Gasteiger partial charge in [-0.1, -0.05) is 12.8 Å². The third-order valence-electron chi connectivity index (χ3n) is 4.61. The molecule has 5 heteroatoms. The first-order chi connectivity index (χ1) is 11.7. The predicted octanol–water partition coefficient (Wildman–Crippen LogP) is 4.47. The fourth-order valence-corrected chi connectivity index (χ4v) is 4.27. The lowest BCUT2D eigenvalue weighted by Crippen LogP contribution is -2.31. The second kappa shape index (κ2) is 6.40. The average Bonchev–Trinajstić information content (AvgIpc) is 2.82. The molecule has 0 N–H and O–H groups in total. The van der Waals surface area contributed by atoms with Crippen LogP contribution >= 0.6 is 11.3 Å². The number of amides is 1. The van der Waals surface area contributed by atoms with Gasteiger partial charge >= 0.3 is 0 Å². The fraction of sp³-hybridized carbons (Fsp3) is 0.368. The molecule has 4 rings (SSSR count). The summed E-state index contributed by atoms with van der Waals surface area (Å²) in [5.74, 6) is 0.973. The number of carbonyl (C=O) groups is 1. The summed E-state index contributed by atoms with van der Waals surface area (Å²) in [5, 5.41) is 2.06. The van der Waals surface area contributed by atoms with Crippen LogP contribution in [0.15, 0.2) is 30.3 Å². The maximum absolute atomic E-state index is 12.8. The second-order valence-electron chi connectivity index (χ2n) is 6.26. The first-order valence-corrected chi connectivity index (χ1v) is 9.24. The highest BCUT2D eigenvalue weighted by Gasteiger charge is 2.20. The number of pyridine rings is 1. The van der Waals surface area contributed by atoms with Gasteiger partial charge in [-0.3, -0.25) is 4.79 Å². The van der Waals surface area contributed by atoms with Crippen LogP contribution in [0.25, 0.3) is 21.1 Å². The molecule has 0 unspecified atom stereocenters. The average molecular weight is 340 g/mol. The van der Waals surface area contributed by atoms with Gasteiger partial charge < -0.3 is 9.64 Å². The molecule has 1 aliphatic rings. The van der Waals surface area contributed by atoms with Gasteiger partial charge in [0.1, 0.15) is 10.6 Å². The van der Waals surface area contributed by atoms with Crippen LogP contribution in [0.1, 0.15) is 35.4 Å². The maximum atomic E-state index is 12.8. The van der Waals surface area contributed by atoms with Gasteiger partial charge in [0.25, 0.3) is 5.91 Å². The van der Waals surface area contributed by atoms with Crippen molar-refractivity contribution in [3.05, 3.63) is 35.2 Å². The Balaban J connectivity index is 1.71. The van der Waals surface area contributed by atoms with E-state index in [1.807, 2.05) is 29.2 Å². The fourth-order valence-electron chi connectivity index (χ4n) is 3.28. The van der Waals surface area contributed by atoms with Gasteiger partial charge in [-0.15, -0.1) is 11.3 Å². The van der Waals surface area contributed by atoms with Crippen LogP contribution in [0.3, 0.4) is 0 Å². The minimum Gasteiger partial charge on any atom is -0.497 e. The highest BCUT2D eigenvalue weighted by atomic mass is 32.1. The number of carbonyl (C=O) groups excluding carboxylic acids is 1. The van der Waals surface area contributed by atoms with Crippen LogP contribution in [0, 0.1) is 0 Å². The Hall–Kier alpha value is -2.14. The van der Waals surface area contributed by atoms with E-state index in [0.29, 0.717) is 0 Å². The Morgan fingerprint density at radius 1 is 1.08 bits per heavy atom. The Labute approximate surface area is 145 Å². The first-order valence-electron chi connectivity index (χ1n) is 8.42. The normalized spacial score (nSPS) is 15.6. The molecular formula is C19H20N2O2S. The number of thiophene rings is 1. The molecule has 124 valence electrons. The van der Waals surface area contributed by atoms with Gasteiger partial charge in [-0.25, -0.2) is 4.98 Å². The van der Waals surface area contributed by atoms with Crippen molar-refractivity contribution in [2.75, 3.05) is 20.2 Å². The number of ether oxygens (including phenoxy) is 1. The van der Waals surface area contributed by atoms with E-state index in [2.05, 4.69) is 6.07 Å². The molecule has 1 saturated heterocycles. The van der Waals surface area contributed by atoms with E-state index in [1.54, 1.807) is 7.11 Å². The van der Waals surface area contributed by atoms with Gasteiger partial charge in [0.15, 0.2) is 0 Å². The first kappa shape index (κ1) is 15.4. The van der Waals surface area contributed by atoms with E-state index in [-0.39, 0.29) is 5.91 Å². The summed E-state index contributed by atoms with van der Waals surface area (Å²) in [6, 6.07) is 9.94. The van der Waals surface area contributed by atoms with Gasteiger partial charge in [0.2, 0.25) is 0 Å². The molecular weight excluding hydrogens is 320 g/mol. The molecule has 0 radical (unpaired) electrons. The minimum absolute atomic E-state index is 0.154. The molecule has 0 atom stereocenters. The molecule has 3 aromatic rings. The highest BCUT2D eigenvalue weighted by molar-refractivity contribution is 7.20. The van der Waals surface area contributed by atoms with E-state index < -0.39 is 0 Å². The molecule has 0 saturated carbocycles. The molecule has 1 fully saturated rings. The van der Waals surface area contributed by atoms with E-state index in [1.165, 1.54) is 24.2 Å². The van der Waals surface area contributed by atoms with Crippen molar-refractivity contribution in [3.8, 4) is 5.75 Å². The molecule has 1 amide bonds. The molecule has 24 heavy (non-hydrogen) atoms. The second-order valence-corrected chi connectivity index (χ2v) is 7.29. The Kier molecular flexibility index (Phi) is 4.10. The summed E-state index contributed by atoms with van der Waals surface area (Å²) in [6.07, 6.45) is 4.67. The zero-order valence-electron chi connectivity index (χ0n) is 13.7. The SMILES string of the molecule is COc1ccc2nc3sc(C(=O)N4CCCCCC4)cc3cc2c1. The van der Waals surface area contributed by atoms with Gasteiger partial charge in [0.05, 0.1) is 17.5 Å². The van der Waals surface area contributed by atoms with Crippen LogP contribution in [0.5, 0.6) is 5.75 Å². The number of rotatable bonds is 2. The van der Waals surface area contributed by atoms with Crippen LogP contribution in [0.2, 0.25) is 0 Å². The smallest absolute Gasteiger partial charge is 0.264 e.